The van der Waals surface area contributed by atoms with Crippen LogP contribution in [0, 0.1) is 0 Å². The highest BCUT2D eigenvalue weighted by Crippen LogP contribution is 2.32. The second-order valence-corrected chi connectivity index (χ2v) is 6.26. The van der Waals surface area contributed by atoms with Gasteiger partial charge in [0, 0.05) is 24.5 Å². The van der Waals surface area contributed by atoms with E-state index in [-0.39, 0.29) is 17.5 Å². The third kappa shape index (κ3) is 2.53. The number of rotatable bonds is 6. The summed E-state index contributed by atoms with van der Waals surface area (Å²) in [5.41, 5.74) is 0.524. The summed E-state index contributed by atoms with van der Waals surface area (Å²) in [6.07, 6.45) is 4.17. The van der Waals surface area contributed by atoms with Crippen molar-refractivity contribution in [3.8, 4) is 0 Å². The molecule has 1 aromatic rings. The van der Waals surface area contributed by atoms with Crippen molar-refractivity contribution < 1.29 is 13.5 Å². The van der Waals surface area contributed by atoms with E-state index in [1.165, 1.54) is 12.3 Å². The van der Waals surface area contributed by atoms with Crippen molar-refractivity contribution in [3.63, 3.8) is 0 Å². The summed E-state index contributed by atoms with van der Waals surface area (Å²) in [4.78, 5) is 3.01. The third-order valence-electron chi connectivity index (χ3n) is 2.89. The molecule has 2 rings (SSSR count). The Morgan fingerprint density at radius 3 is 2.71 bits per heavy atom. The van der Waals surface area contributed by atoms with Crippen LogP contribution in [0.5, 0.6) is 0 Å². The van der Waals surface area contributed by atoms with Crippen molar-refractivity contribution in [2.75, 3.05) is 6.54 Å². The van der Waals surface area contributed by atoms with Gasteiger partial charge in [-0.1, -0.05) is 6.92 Å². The number of hydrogen-bond donors (Lipinski definition) is 2. The first-order chi connectivity index (χ1) is 8.09. The number of nitrogens with one attached hydrogen (secondary N) is 1. The zero-order valence-electron chi connectivity index (χ0n) is 9.89. The molecule has 17 heavy (non-hydrogen) atoms. The van der Waals surface area contributed by atoms with Crippen molar-refractivity contribution >= 4 is 10.0 Å². The lowest BCUT2D eigenvalue weighted by atomic mass is 10.5. The molecule has 1 saturated carbocycles. The number of aliphatic hydroxyl groups excluding tert-OH is 1. The molecule has 1 aromatic heterocycles. The number of H-pyrrole nitrogens is 1. The Kier molecular flexibility index (Phi) is 3.56. The number of nitrogens with zero attached hydrogens (tertiary/aromatic N) is 1. The maximum absolute atomic E-state index is 12.4. The van der Waals surface area contributed by atoms with Gasteiger partial charge in [-0.15, -0.1) is 0 Å². The molecule has 2 N–H and O–H groups in total. The molecule has 5 nitrogen and oxygen atoms in total. The summed E-state index contributed by atoms with van der Waals surface area (Å²) < 4.78 is 26.3. The Hall–Kier alpha value is -0.850. The summed E-state index contributed by atoms with van der Waals surface area (Å²) in [5.74, 6) is 0. The predicted octanol–water partition coefficient (Wildman–Crippen LogP) is 1.07. The minimum absolute atomic E-state index is 0.174. The first kappa shape index (κ1) is 12.6. The van der Waals surface area contributed by atoms with Crippen molar-refractivity contribution in [3.05, 3.63) is 18.0 Å². The molecular formula is C11H18N2O3S. The zero-order chi connectivity index (χ0) is 12.5. The normalized spacial score (nSPS) is 16.6. The zero-order valence-corrected chi connectivity index (χ0v) is 10.7. The van der Waals surface area contributed by atoms with Gasteiger partial charge < -0.3 is 10.1 Å². The minimum Gasteiger partial charge on any atom is -0.390 e. The Morgan fingerprint density at radius 2 is 2.24 bits per heavy atom. The van der Waals surface area contributed by atoms with E-state index in [0.29, 0.717) is 12.2 Å². The number of aromatic nitrogens is 1. The molecule has 1 fully saturated rings. The summed E-state index contributed by atoms with van der Waals surface area (Å²) in [5, 5.41) is 8.94. The topological polar surface area (TPSA) is 73.4 Å². The van der Waals surface area contributed by atoms with Crippen molar-refractivity contribution in [1.82, 2.24) is 9.29 Å². The van der Waals surface area contributed by atoms with Crippen molar-refractivity contribution in [2.45, 2.75) is 43.7 Å². The van der Waals surface area contributed by atoms with E-state index in [4.69, 9.17) is 5.11 Å². The van der Waals surface area contributed by atoms with Gasteiger partial charge in [0.15, 0.2) is 0 Å². The second-order valence-electron chi connectivity index (χ2n) is 4.37. The molecule has 0 spiro atoms. The van der Waals surface area contributed by atoms with Crippen LogP contribution in [0.2, 0.25) is 0 Å². The largest absolute Gasteiger partial charge is 0.390 e. The van der Waals surface area contributed by atoms with Gasteiger partial charge >= 0.3 is 0 Å². The van der Waals surface area contributed by atoms with Gasteiger partial charge in [-0.3, -0.25) is 0 Å². The fourth-order valence-corrected chi connectivity index (χ4v) is 3.67. The van der Waals surface area contributed by atoms with Gasteiger partial charge in [0.05, 0.1) is 11.5 Å². The van der Waals surface area contributed by atoms with E-state index in [1.807, 2.05) is 6.92 Å². The molecule has 1 aliphatic rings. The second kappa shape index (κ2) is 4.80. The van der Waals surface area contributed by atoms with Gasteiger partial charge in [0.1, 0.15) is 0 Å². The van der Waals surface area contributed by atoms with Crippen LogP contribution in [0.3, 0.4) is 0 Å². The third-order valence-corrected chi connectivity index (χ3v) is 4.82. The van der Waals surface area contributed by atoms with Crippen molar-refractivity contribution in [2.24, 2.45) is 0 Å². The fourth-order valence-electron chi connectivity index (χ4n) is 1.88. The highest BCUT2D eigenvalue weighted by molar-refractivity contribution is 7.89. The standard InChI is InChI=1S/C11H18N2O3S/c1-2-5-13(10-3-4-10)17(15,16)11-6-9(8-14)12-7-11/h6-7,10,12,14H,2-5,8H2,1H3. The number of sulfonamides is 1. The van der Waals surface area contributed by atoms with Crippen LogP contribution in [0.4, 0.5) is 0 Å². The molecule has 6 heteroatoms. The first-order valence-corrected chi connectivity index (χ1v) is 7.33. The van der Waals surface area contributed by atoms with Gasteiger partial charge in [-0.25, -0.2) is 8.42 Å². The van der Waals surface area contributed by atoms with E-state index in [0.717, 1.165) is 19.3 Å². The van der Waals surface area contributed by atoms with E-state index in [2.05, 4.69) is 4.98 Å². The number of aromatic amines is 1. The lowest BCUT2D eigenvalue weighted by molar-refractivity contribution is 0.277. The highest BCUT2D eigenvalue weighted by Gasteiger charge is 2.37. The molecule has 0 aromatic carbocycles. The molecule has 0 aliphatic heterocycles. The van der Waals surface area contributed by atoms with Crippen LogP contribution in [-0.2, 0) is 16.6 Å². The van der Waals surface area contributed by atoms with Crippen LogP contribution in [0.25, 0.3) is 0 Å². The Balaban J connectivity index is 2.26. The number of aliphatic hydroxyl groups is 1. The summed E-state index contributed by atoms with van der Waals surface area (Å²) in [6.45, 7) is 2.36. The molecule has 0 amide bonds. The smallest absolute Gasteiger partial charge is 0.244 e. The van der Waals surface area contributed by atoms with E-state index in [1.54, 1.807) is 4.31 Å². The summed E-state index contributed by atoms with van der Waals surface area (Å²) >= 11 is 0. The molecule has 0 bridgehead atoms. The van der Waals surface area contributed by atoms with E-state index < -0.39 is 10.0 Å². The molecule has 0 saturated heterocycles. The lowest BCUT2D eigenvalue weighted by Gasteiger charge is -2.20. The van der Waals surface area contributed by atoms with Gasteiger partial charge in [0.2, 0.25) is 10.0 Å². The predicted molar refractivity (Wildman–Crippen MR) is 63.9 cm³/mol. The summed E-state index contributed by atoms with van der Waals surface area (Å²) in [7, 11) is -3.40. The van der Waals surface area contributed by atoms with Crippen LogP contribution in [-0.4, -0.2) is 35.4 Å². The Labute approximate surface area is 102 Å². The molecule has 0 radical (unpaired) electrons. The summed E-state index contributed by atoms with van der Waals surface area (Å²) in [6, 6.07) is 1.67. The lowest BCUT2D eigenvalue weighted by Crippen LogP contribution is -2.33. The maximum Gasteiger partial charge on any atom is 0.244 e. The van der Waals surface area contributed by atoms with Crippen LogP contribution in [0.15, 0.2) is 17.2 Å². The average Bonchev–Trinajstić information content (AvgIpc) is 3.01. The van der Waals surface area contributed by atoms with Crippen LogP contribution >= 0.6 is 0 Å². The fraction of sp³-hybridized carbons (Fsp3) is 0.636. The average molecular weight is 258 g/mol. The molecule has 1 heterocycles. The van der Waals surface area contributed by atoms with Crippen LogP contribution < -0.4 is 0 Å². The van der Waals surface area contributed by atoms with Crippen LogP contribution in [0.1, 0.15) is 31.9 Å². The molecular weight excluding hydrogens is 240 g/mol. The number of hydrogen-bond acceptors (Lipinski definition) is 3. The van der Waals surface area contributed by atoms with Gasteiger partial charge in [0.25, 0.3) is 0 Å². The molecule has 0 unspecified atom stereocenters. The van der Waals surface area contributed by atoms with Gasteiger partial charge in [-0.05, 0) is 25.3 Å². The monoisotopic (exact) mass is 258 g/mol. The molecule has 0 atom stereocenters. The minimum atomic E-state index is -3.40. The van der Waals surface area contributed by atoms with Gasteiger partial charge in [-0.2, -0.15) is 4.31 Å². The quantitative estimate of drug-likeness (QED) is 0.801. The SMILES string of the molecule is CCCN(C1CC1)S(=O)(=O)c1c[nH]c(CO)c1. The first-order valence-electron chi connectivity index (χ1n) is 5.89. The van der Waals surface area contributed by atoms with Crippen molar-refractivity contribution in [1.29, 1.82) is 0 Å². The highest BCUT2D eigenvalue weighted by atomic mass is 32.2. The molecule has 1 aliphatic carbocycles. The van der Waals surface area contributed by atoms with E-state index >= 15 is 0 Å². The Morgan fingerprint density at radius 1 is 1.53 bits per heavy atom. The molecule has 96 valence electrons. The Bertz CT molecular complexity index is 477. The van der Waals surface area contributed by atoms with E-state index in [9.17, 15) is 8.42 Å². The maximum atomic E-state index is 12.4.